The lowest BCUT2D eigenvalue weighted by Gasteiger charge is -2.32. The number of halogens is 3. The summed E-state index contributed by atoms with van der Waals surface area (Å²) in [5.41, 5.74) is 1.21. The number of anilines is 2. The number of nitrogens with one attached hydrogen (secondary N) is 1. The Kier molecular flexibility index (Phi) is 6.83. The maximum Gasteiger partial charge on any atom is 0.493 e. The molecule has 1 saturated heterocycles. The van der Waals surface area contributed by atoms with E-state index in [-0.39, 0.29) is 39.8 Å². The first-order valence-electron chi connectivity index (χ1n) is 11.9. The van der Waals surface area contributed by atoms with Crippen LogP contribution in [0.1, 0.15) is 10.4 Å². The molecule has 0 aliphatic carbocycles. The van der Waals surface area contributed by atoms with E-state index in [1.807, 2.05) is 7.05 Å². The Bertz CT molecular complexity index is 1530. The third-order valence-electron chi connectivity index (χ3n) is 6.28. The van der Waals surface area contributed by atoms with Gasteiger partial charge in [-0.15, -0.1) is 0 Å². The van der Waals surface area contributed by atoms with E-state index in [9.17, 15) is 27.9 Å². The van der Waals surface area contributed by atoms with Crippen molar-refractivity contribution in [2.75, 3.05) is 38.5 Å². The first-order chi connectivity index (χ1) is 18.6. The number of fused-ring (bicyclic) bond motifs is 1. The van der Waals surface area contributed by atoms with Gasteiger partial charge in [0.15, 0.2) is 0 Å². The predicted octanol–water partition coefficient (Wildman–Crippen LogP) is 3.45. The van der Waals surface area contributed by atoms with E-state index in [0.717, 1.165) is 13.1 Å². The fourth-order valence-electron chi connectivity index (χ4n) is 4.19. The average Bonchev–Trinajstić information content (AvgIpc) is 3.28. The summed E-state index contributed by atoms with van der Waals surface area (Å²) in [5.74, 6) is -2.46. The quantitative estimate of drug-likeness (QED) is 0.396. The number of benzene rings is 2. The van der Waals surface area contributed by atoms with Crippen molar-refractivity contribution in [2.24, 2.45) is 0 Å². The highest BCUT2D eigenvalue weighted by atomic mass is 19.4. The van der Waals surface area contributed by atoms with Gasteiger partial charge in [-0.1, -0.05) is 6.07 Å². The maximum atomic E-state index is 13.0. The molecule has 1 aliphatic heterocycles. The van der Waals surface area contributed by atoms with Crippen molar-refractivity contribution in [2.45, 2.75) is 6.18 Å². The van der Waals surface area contributed by atoms with Gasteiger partial charge in [-0.2, -0.15) is 17.9 Å². The molecule has 39 heavy (non-hydrogen) atoms. The van der Waals surface area contributed by atoms with Gasteiger partial charge in [0.05, 0.1) is 17.9 Å². The maximum absolute atomic E-state index is 13.0. The Morgan fingerprint density at radius 2 is 1.74 bits per heavy atom. The summed E-state index contributed by atoms with van der Waals surface area (Å²) in [6.07, 6.45) is -2.55. The molecule has 0 atom stereocenters. The lowest BCUT2D eigenvalue weighted by Crippen LogP contribution is -2.47. The monoisotopic (exact) mass is 540 g/mol. The zero-order valence-electron chi connectivity index (χ0n) is 20.6. The van der Waals surface area contributed by atoms with Gasteiger partial charge in [0, 0.05) is 42.8 Å². The van der Waals surface area contributed by atoms with Crippen molar-refractivity contribution >= 4 is 34.3 Å². The van der Waals surface area contributed by atoms with Gasteiger partial charge in [0.1, 0.15) is 23.0 Å². The molecular formula is C26H23F3N6O4. The number of piperazine rings is 1. The average molecular weight is 541 g/mol. The number of phenols is 1. The van der Waals surface area contributed by atoms with Crippen LogP contribution in [-0.2, 0) is 4.79 Å². The number of rotatable bonds is 5. The Morgan fingerprint density at radius 1 is 1.03 bits per heavy atom. The molecule has 2 aromatic heterocycles. The number of carbonyl (C=O) groups excluding carboxylic acids is 2. The minimum atomic E-state index is -5.24. The number of carbonyl (C=O) groups is 2. The second-order valence-electron chi connectivity index (χ2n) is 9.00. The summed E-state index contributed by atoms with van der Waals surface area (Å²) in [5, 5.41) is 13.4. The topological polar surface area (TPSA) is 113 Å². The van der Waals surface area contributed by atoms with E-state index in [0.29, 0.717) is 29.1 Å². The minimum Gasteiger partial charge on any atom is -0.507 e. The van der Waals surface area contributed by atoms with Crippen molar-refractivity contribution in [3.05, 3.63) is 66.5 Å². The van der Waals surface area contributed by atoms with Gasteiger partial charge in [-0.3, -0.25) is 9.78 Å². The molecule has 0 radical (unpaired) electrons. The molecule has 2 aromatic carbocycles. The third kappa shape index (κ3) is 5.48. The zero-order chi connectivity index (χ0) is 27.7. The molecule has 13 heteroatoms. The fourth-order valence-corrected chi connectivity index (χ4v) is 4.19. The number of hydrogen-bond acceptors (Lipinski definition) is 8. The number of alkyl halides is 3. The van der Waals surface area contributed by atoms with Crippen LogP contribution in [0, 0.1) is 0 Å². The molecule has 5 rings (SSSR count). The highest BCUT2D eigenvalue weighted by Crippen LogP contribution is 2.32. The van der Waals surface area contributed by atoms with Gasteiger partial charge in [0.2, 0.25) is 0 Å². The van der Waals surface area contributed by atoms with Crippen LogP contribution < -0.4 is 10.2 Å². The predicted molar refractivity (Wildman–Crippen MR) is 135 cm³/mol. The van der Waals surface area contributed by atoms with Crippen molar-refractivity contribution < 1.29 is 32.7 Å². The lowest BCUT2D eigenvalue weighted by atomic mass is 10.1. The molecule has 0 saturated carbocycles. The number of hydrogen-bond donors (Lipinski definition) is 2. The Balaban J connectivity index is 1.40. The molecule has 0 unspecified atom stereocenters. The number of aromatic nitrogens is 3. The van der Waals surface area contributed by atoms with Crippen molar-refractivity contribution in [1.82, 2.24) is 24.5 Å². The van der Waals surface area contributed by atoms with Crippen LogP contribution in [0.25, 0.3) is 22.3 Å². The van der Waals surface area contributed by atoms with Crippen molar-refractivity contribution in [1.29, 1.82) is 0 Å². The zero-order valence-corrected chi connectivity index (χ0v) is 20.6. The molecule has 10 nitrogen and oxygen atoms in total. The van der Waals surface area contributed by atoms with Crippen molar-refractivity contribution in [3.63, 3.8) is 0 Å². The summed E-state index contributed by atoms with van der Waals surface area (Å²) in [6.45, 7) is 2.94. The molecule has 2 N–H and O–H groups in total. The number of nitrogens with zero attached hydrogens (tertiary/aromatic N) is 5. The van der Waals surface area contributed by atoms with E-state index < -0.39 is 12.1 Å². The van der Waals surface area contributed by atoms with Gasteiger partial charge < -0.3 is 25.1 Å². The Hall–Kier alpha value is -4.65. The van der Waals surface area contributed by atoms with Crippen molar-refractivity contribution in [3.8, 4) is 17.1 Å². The van der Waals surface area contributed by atoms with E-state index >= 15 is 0 Å². The highest BCUT2D eigenvalue weighted by Gasteiger charge is 2.42. The second kappa shape index (κ2) is 10.3. The van der Waals surface area contributed by atoms with E-state index in [1.165, 1.54) is 36.7 Å². The van der Waals surface area contributed by atoms with Gasteiger partial charge in [-0.25, -0.2) is 9.78 Å². The van der Waals surface area contributed by atoms with Crippen LogP contribution in [0.2, 0.25) is 0 Å². The van der Waals surface area contributed by atoms with Gasteiger partial charge >= 0.3 is 12.1 Å². The molecule has 1 amide bonds. The van der Waals surface area contributed by atoms with Crippen LogP contribution in [0.5, 0.6) is 5.75 Å². The number of aromatic hydroxyl groups is 1. The van der Waals surface area contributed by atoms with Gasteiger partial charge in [-0.05, 0) is 49.5 Å². The SMILES string of the molecule is CN1CCN(C(=O)c2ccc(Nc3cncc(-c4cc5c(O)cccc5n4OC(=O)C(F)(F)F)n3)cc2)CC1. The van der Waals surface area contributed by atoms with Crippen LogP contribution in [0.4, 0.5) is 24.7 Å². The summed E-state index contributed by atoms with van der Waals surface area (Å²) < 4.78 is 39.5. The molecule has 3 heterocycles. The molecule has 0 spiro atoms. The van der Waals surface area contributed by atoms with Crippen LogP contribution in [0.15, 0.2) is 60.9 Å². The Labute approximate surface area is 220 Å². The van der Waals surface area contributed by atoms with E-state index in [4.69, 9.17) is 0 Å². The first-order valence-corrected chi connectivity index (χ1v) is 11.9. The standard InChI is InChI=1S/C26H23F3N6O4/c1-33-9-11-34(12-10-33)24(37)16-5-7-17(8-6-16)31-23-15-30-14-19(32-23)21-13-18-20(3-2-4-22(18)36)35(21)39-25(38)26(27,28)29/h2-8,13-15,36H,9-12H2,1H3,(H,31,32). The molecule has 0 bridgehead atoms. The summed E-state index contributed by atoms with van der Waals surface area (Å²) in [4.78, 5) is 41.5. The normalized spacial score (nSPS) is 14.4. The minimum absolute atomic E-state index is 0.0309. The van der Waals surface area contributed by atoms with E-state index in [2.05, 4.69) is 25.0 Å². The first kappa shape index (κ1) is 26.0. The highest BCUT2D eigenvalue weighted by molar-refractivity contribution is 5.95. The summed E-state index contributed by atoms with van der Waals surface area (Å²) in [7, 11) is 2.01. The third-order valence-corrected chi connectivity index (χ3v) is 6.28. The molecule has 4 aromatic rings. The molecule has 1 aliphatic rings. The smallest absolute Gasteiger partial charge is 0.493 e. The van der Waals surface area contributed by atoms with E-state index in [1.54, 1.807) is 29.2 Å². The Morgan fingerprint density at radius 3 is 2.44 bits per heavy atom. The summed E-state index contributed by atoms with van der Waals surface area (Å²) in [6, 6.07) is 12.3. The molecule has 1 fully saturated rings. The molecule has 202 valence electrons. The lowest BCUT2D eigenvalue weighted by molar-refractivity contribution is -0.199. The van der Waals surface area contributed by atoms with Crippen LogP contribution in [0.3, 0.4) is 0 Å². The van der Waals surface area contributed by atoms with Crippen LogP contribution >= 0.6 is 0 Å². The summed E-state index contributed by atoms with van der Waals surface area (Å²) >= 11 is 0. The molecular weight excluding hydrogens is 517 g/mol. The number of likely N-dealkylation sites (N-methyl/N-ethyl adjacent to an activating group) is 1. The number of amides is 1. The number of phenolic OH excluding ortho intramolecular Hbond substituents is 1. The van der Waals surface area contributed by atoms with Gasteiger partial charge in [0.25, 0.3) is 5.91 Å². The van der Waals surface area contributed by atoms with Crippen LogP contribution in [-0.4, -0.2) is 80.9 Å². The fraction of sp³-hybridized carbons (Fsp3) is 0.231. The largest absolute Gasteiger partial charge is 0.507 e. The second-order valence-corrected chi connectivity index (χ2v) is 9.00.